The van der Waals surface area contributed by atoms with Crippen LogP contribution in [0.2, 0.25) is 0 Å². The first-order valence-corrected chi connectivity index (χ1v) is 10.6. The molecule has 1 unspecified atom stereocenters. The molecule has 1 aromatic heterocycles. The first-order valence-electron chi connectivity index (χ1n) is 10.6. The van der Waals surface area contributed by atoms with Gasteiger partial charge < -0.3 is 14.4 Å². The summed E-state index contributed by atoms with van der Waals surface area (Å²) < 4.78 is 15.5. The zero-order valence-electron chi connectivity index (χ0n) is 17.7. The Morgan fingerprint density at radius 1 is 1.24 bits per heavy atom. The van der Waals surface area contributed by atoms with Crippen molar-refractivity contribution >= 4 is 11.6 Å². The van der Waals surface area contributed by atoms with Crippen LogP contribution in [0.15, 0.2) is 36.7 Å². The van der Waals surface area contributed by atoms with Crippen LogP contribution in [0.5, 0.6) is 0 Å². The summed E-state index contributed by atoms with van der Waals surface area (Å²) in [5, 5.41) is 0. The molecule has 0 aliphatic carbocycles. The summed E-state index contributed by atoms with van der Waals surface area (Å²) in [6.07, 6.45) is 8.21. The molecule has 156 valence electrons. The Bertz CT molecular complexity index is 875. The van der Waals surface area contributed by atoms with Gasteiger partial charge in [-0.15, -0.1) is 0 Å². The molecule has 0 N–H and O–H groups in total. The van der Waals surface area contributed by atoms with E-state index in [4.69, 9.17) is 0 Å². The number of hydrogen-bond donors (Lipinski definition) is 0. The average molecular weight is 399 g/mol. The van der Waals surface area contributed by atoms with Gasteiger partial charge >= 0.3 is 0 Å². The molecule has 2 aliphatic heterocycles. The maximum absolute atomic E-state index is 13.4. The number of anilines is 1. The third-order valence-corrected chi connectivity index (χ3v) is 6.69. The summed E-state index contributed by atoms with van der Waals surface area (Å²) in [6.45, 7) is 8.93. The van der Waals surface area contributed by atoms with E-state index in [9.17, 15) is 9.18 Å². The third-order valence-electron chi connectivity index (χ3n) is 6.69. The number of benzene rings is 1. The molecule has 2 aromatic rings. The van der Waals surface area contributed by atoms with Gasteiger partial charge in [-0.1, -0.05) is 0 Å². The number of amides is 1. The Labute approximate surface area is 172 Å². The molecule has 1 spiro atoms. The molecule has 2 saturated heterocycles. The van der Waals surface area contributed by atoms with Gasteiger partial charge in [0, 0.05) is 49.7 Å². The van der Waals surface area contributed by atoms with Crippen molar-refractivity contribution in [3.8, 4) is 0 Å². The van der Waals surface area contributed by atoms with E-state index in [1.165, 1.54) is 12.1 Å². The van der Waals surface area contributed by atoms with Gasteiger partial charge in [-0.2, -0.15) is 0 Å². The SMILES string of the molecule is Cc1nccn1CCCC(=O)N1CCCC12CN(c1ccc(F)cc1)C(C)(C)C2. The van der Waals surface area contributed by atoms with Crippen LogP contribution < -0.4 is 4.90 Å². The van der Waals surface area contributed by atoms with Crippen LogP contribution >= 0.6 is 0 Å². The van der Waals surface area contributed by atoms with Gasteiger partial charge in [-0.3, -0.25) is 4.79 Å². The zero-order chi connectivity index (χ0) is 20.6. The van der Waals surface area contributed by atoms with Crippen LogP contribution in [0.1, 0.15) is 51.8 Å². The molecule has 6 heteroatoms. The number of likely N-dealkylation sites (tertiary alicyclic amines) is 1. The Morgan fingerprint density at radius 3 is 2.69 bits per heavy atom. The second-order valence-electron chi connectivity index (χ2n) is 9.20. The van der Waals surface area contributed by atoms with Crippen LogP contribution in [0.25, 0.3) is 0 Å². The summed E-state index contributed by atoms with van der Waals surface area (Å²) in [5.41, 5.74) is 0.845. The predicted molar refractivity (Wildman–Crippen MR) is 112 cm³/mol. The second-order valence-corrected chi connectivity index (χ2v) is 9.20. The Morgan fingerprint density at radius 2 is 2.00 bits per heavy atom. The van der Waals surface area contributed by atoms with Crippen LogP contribution in [-0.2, 0) is 11.3 Å². The minimum Gasteiger partial charge on any atom is -0.364 e. The van der Waals surface area contributed by atoms with Gasteiger partial charge in [0.1, 0.15) is 11.6 Å². The van der Waals surface area contributed by atoms with Crippen LogP contribution in [0.4, 0.5) is 10.1 Å². The van der Waals surface area contributed by atoms with E-state index in [0.717, 1.165) is 56.8 Å². The summed E-state index contributed by atoms with van der Waals surface area (Å²) in [5.74, 6) is 1.03. The first-order chi connectivity index (χ1) is 13.8. The first kappa shape index (κ1) is 19.9. The number of aryl methyl sites for hydroxylation is 2. The maximum atomic E-state index is 13.4. The van der Waals surface area contributed by atoms with E-state index in [0.29, 0.717) is 6.42 Å². The topological polar surface area (TPSA) is 41.4 Å². The zero-order valence-corrected chi connectivity index (χ0v) is 17.7. The van der Waals surface area contributed by atoms with Gasteiger partial charge in [0.15, 0.2) is 0 Å². The number of hydrogen-bond acceptors (Lipinski definition) is 3. The van der Waals surface area contributed by atoms with Gasteiger partial charge in [0.05, 0.1) is 5.54 Å². The van der Waals surface area contributed by atoms with Crippen molar-refractivity contribution in [2.75, 3.05) is 18.0 Å². The Kier molecular flexibility index (Phi) is 5.13. The molecule has 0 saturated carbocycles. The lowest BCUT2D eigenvalue weighted by Crippen LogP contribution is -2.49. The van der Waals surface area contributed by atoms with Crippen LogP contribution in [-0.4, -0.2) is 44.5 Å². The van der Waals surface area contributed by atoms with Crippen molar-refractivity contribution in [2.24, 2.45) is 0 Å². The quantitative estimate of drug-likeness (QED) is 0.759. The number of aromatic nitrogens is 2. The number of halogens is 1. The lowest BCUT2D eigenvalue weighted by atomic mass is 9.87. The number of nitrogens with zero attached hydrogens (tertiary/aromatic N) is 4. The molecule has 0 bridgehead atoms. The van der Waals surface area contributed by atoms with E-state index < -0.39 is 0 Å². The molecular formula is C23H31FN4O. The monoisotopic (exact) mass is 398 g/mol. The highest BCUT2D eigenvalue weighted by molar-refractivity contribution is 5.78. The van der Waals surface area contributed by atoms with Crippen molar-refractivity contribution in [1.29, 1.82) is 0 Å². The largest absolute Gasteiger partial charge is 0.364 e. The van der Waals surface area contributed by atoms with Gasteiger partial charge in [0.2, 0.25) is 5.91 Å². The smallest absolute Gasteiger partial charge is 0.223 e. The van der Waals surface area contributed by atoms with Crippen LogP contribution in [0, 0.1) is 12.7 Å². The normalized spacial score (nSPS) is 23.3. The van der Waals surface area contributed by atoms with Gasteiger partial charge in [0.25, 0.3) is 0 Å². The molecule has 0 radical (unpaired) electrons. The average Bonchev–Trinajstić information content (AvgIpc) is 3.33. The van der Waals surface area contributed by atoms with Gasteiger partial charge in [-0.25, -0.2) is 9.37 Å². The molecule has 2 fully saturated rings. The number of rotatable bonds is 5. The molecule has 1 atom stereocenters. The lowest BCUT2D eigenvalue weighted by Gasteiger charge is -2.35. The summed E-state index contributed by atoms with van der Waals surface area (Å²) in [7, 11) is 0. The second kappa shape index (κ2) is 7.47. The molecule has 2 aliphatic rings. The molecular weight excluding hydrogens is 367 g/mol. The highest BCUT2D eigenvalue weighted by Crippen LogP contribution is 2.47. The maximum Gasteiger partial charge on any atom is 0.223 e. The van der Waals surface area contributed by atoms with Crippen LogP contribution in [0.3, 0.4) is 0 Å². The van der Waals surface area contributed by atoms with E-state index in [1.807, 2.05) is 25.3 Å². The molecule has 1 aromatic carbocycles. The Balaban J connectivity index is 1.46. The highest BCUT2D eigenvalue weighted by Gasteiger charge is 2.54. The summed E-state index contributed by atoms with van der Waals surface area (Å²) in [4.78, 5) is 21.9. The fraction of sp³-hybridized carbons (Fsp3) is 0.565. The third kappa shape index (κ3) is 3.77. The van der Waals surface area contributed by atoms with E-state index >= 15 is 0 Å². The minimum atomic E-state index is -0.216. The predicted octanol–water partition coefficient (Wildman–Crippen LogP) is 4.16. The summed E-state index contributed by atoms with van der Waals surface area (Å²) >= 11 is 0. The van der Waals surface area contributed by atoms with Gasteiger partial charge in [-0.05, 0) is 70.7 Å². The number of carbonyl (C=O) groups is 1. The number of carbonyl (C=O) groups excluding carboxylic acids is 1. The fourth-order valence-electron chi connectivity index (χ4n) is 5.38. The number of imidazole rings is 1. The van der Waals surface area contributed by atoms with E-state index in [2.05, 4.69) is 33.2 Å². The van der Waals surface area contributed by atoms with Crippen molar-refractivity contribution in [1.82, 2.24) is 14.5 Å². The van der Waals surface area contributed by atoms with Crippen molar-refractivity contribution < 1.29 is 9.18 Å². The molecule has 4 rings (SSSR count). The van der Waals surface area contributed by atoms with E-state index in [1.54, 1.807) is 6.20 Å². The molecule has 1 amide bonds. The Hall–Kier alpha value is -2.37. The molecule has 3 heterocycles. The molecule has 29 heavy (non-hydrogen) atoms. The highest BCUT2D eigenvalue weighted by atomic mass is 19.1. The minimum absolute atomic E-state index is 0.0748. The summed E-state index contributed by atoms with van der Waals surface area (Å²) in [6, 6.07) is 6.74. The lowest BCUT2D eigenvalue weighted by molar-refractivity contribution is -0.135. The van der Waals surface area contributed by atoms with Crippen molar-refractivity contribution in [2.45, 2.75) is 70.5 Å². The van der Waals surface area contributed by atoms with Crippen molar-refractivity contribution in [3.63, 3.8) is 0 Å². The van der Waals surface area contributed by atoms with Crippen molar-refractivity contribution in [3.05, 3.63) is 48.3 Å². The standard InChI is InChI=1S/C23H31FN4O/c1-18-25-12-15-26(18)13-4-6-21(29)27-14-5-11-23(27)16-22(2,3)28(17-23)20-9-7-19(24)8-10-20/h7-10,12,15H,4-6,11,13-14,16-17H2,1-3H3. The van der Waals surface area contributed by atoms with E-state index in [-0.39, 0.29) is 22.8 Å². The molecule has 5 nitrogen and oxygen atoms in total. The fourth-order valence-corrected chi connectivity index (χ4v) is 5.38.